The van der Waals surface area contributed by atoms with Crippen LogP contribution in [0.3, 0.4) is 0 Å². The second-order valence-corrected chi connectivity index (χ2v) is 6.62. The van der Waals surface area contributed by atoms with Gasteiger partial charge in [0.2, 0.25) is 0 Å². The SMILES string of the molecule is Cc1ccc2c(c1C)OCCCC2(CN)N1CCCCC1. The summed E-state index contributed by atoms with van der Waals surface area (Å²) in [5, 5.41) is 0. The van der Waals surface area contributed by atoms with E-state index in [4.69, 9.17) is 10.5 Å². The van der Waals surface area contributed by atoms with Crippen LogP contribution < -0.4 is 10.5 Å². The van der Waals surface area contributed by atoms with E-state index in [1.54, 1.807) is 0 Å². The molecule has 0 bridgehead atoms. The zero-order valence-electron chi connectivity index (χ0n) is 13.5. The molecule has 2 aliphatic heterocycles. The number of rotatable bonds is 2. The number of nitrogens with zero attached hydrogens (tertiary/aromatic N) is 1. The van der Waals surface area contributed by atoms with Gasteiger partial charge in [-0.1, -0.05) is 18.6 Å². The third kappa shape index (κ3) is 2.47. The zero-order valence-corrected chi connectivity index (χ0v) is 13.5. The summed E-state index contributed by atoms with van der Waals surface area (Å²) >= 11 is 0. The van der Waals surface area contributed by atoms with Crippen LogP contribution in [-0.2, 0) is 5.54 Å². The van der Waals surface area contributed by atoms with Crippen LogP contribution >= 0.6 is 0 Å². The standard InChI is InChI=1S/C18H28N2O/c1-14-7-8-16-17(15(14)2)21-12-6-9-18(16,13-19)20-10-4-3-5-11-20/h7-8H,3-6,9-13,19H2,1-2H3. The smallest absolute Gasteiger partial charge is 0.127 e. The van der Waals surface area contributed by atoms with Gasteiger partial charge in [0, 0.05) is 12.1 Å². The number of hydrogen-bond acceptors (Lipinski definition) is 3. The molecular weight excluding hydrogens is 260 g/mol. The van der Waals surface area contributed by atoms with Crippen molar-refractivity contribution in [3.63, 3.8) is 0 Å². The van der Waals surface area contributed by atoms with Crippen LogP contribution in [0.4, 0.5) is 0 Å². The van der Waals surface area contributed by atoms with E-state index in [9.17, 15) is 0 Å². The molecule has 0 amide bonds. The Labute approximate surface area is 128 Å². The third-order valence-corrected chi connectivity index (χ3v) is 5.46. The predicted molar refractivity (Wildman–Crippen MR) is 86.8 cm³/mol. The third-order valence-electron chi connectivity index (χ3n) is 5.46. The first-order valence-corrected chi connectivity index (χ1v) is 8.37. The number of aryl methyl sites for hydroxylation is 1. The van der Waals surface area contributed by atoms with Crippen molar-refractivity contribution in [3.05, 3.63) is 28.8 Å². The molecule has 1 unspecified atom stereocenters. The maximum Gasteiger partial charge on any atom is 0.127 e. The first-order valence-electron chi connectivity index (χ1n) is 8.37. The number of benzene rings is 1. The van der Waals surface area contributed by atoms with Crippen LogP contribution in [0.1, 0.15) is 48.8 Å². The lowest BCUT2D eigenvalue weighted by molar-refractivity contribution is 0.0624. The number of likely N-dealkylation sites (tertiary alicyclic amines) is 1. The molecule has 1 atom stereocenters. The highest BCUT2D eigenvalue weighted by molar-refractivity contribution is 5.49. The van der Waals surface area contributed by atoms with Gasteiger partial charge in [-0.2, -0.15) is 0 Å². The highest BCUT2D eigenvalue weighted by atomic mass is 16.5. The first-order chi connectivity index (χ1) is 10.2. The molecule has 1 aromatic carbocycles. The van der Waals surface area contributed by atoms with Gasteiger partial charge in [-0.15, -0.1) is 0 Å². The minimum absolute atomic E-state index is 0.0231. The van der Waals surface area contributed by atoms with E-state index in [2.05, 4.69) is 30.9 Å². The minimum Gasteiger partial charge on any atom is -0.493 e. The van der Waals surface area contributed by atoms with Gasteiger partial charge in [-0.25, -0.2) is 0 Å². The average Bonchev–Trinajstić information content (AvgIpc) is 2.72. The highest BCUT2D eigenvalue weighted by Crippen LogP contribution is 2.43. The molecule has 1 aromatic rings. The largest absolute Gasteiger partial charge is 0.493 e. The lowest BCUT2D eigenvalue weighted by Gasteiger charge is -2.45. The van der Waals surface area contributed by atoms with Crippen molar-refractivity contribution in [3.8, 4) is 5.75 Å². The zero-order chi connectivity index (χ0) is 14.9. The molecule has 0 aromatic heterocycles. The van der Waals surface area contributed by atoms with Crippen molar-refractivity contribution in [2.75, 3.05) is 26.2 Å². The molecule has 0 spiro atoms. The van der Waals surface area contributed by atoms with Crippen LogP contribution in [0.2, 0.25) is 0 Å². The maximum absolute atomic E-state index is 6.34. The van der Waals surface area contributed by atoms with Crippen molar-refractivity contribution < 1.29 is 4.74 Å². The number of piperidine rings is 1. The topological polar surface area (TPSA) is 38.5 Å². The van der Waals surface area contributed by atoms with Gasteiger partial charge < -0.3 is 10.5 Å². The van der Waals surface area contributed by atoms with Gasteiger partial charge >= 0.3 is 0 Å². The summed E-state index contributed by atoms with van der Waals surface area (Å²) < 4.78 is 6.13. The van der Waals surface area contributed by atoms with E-state index in [1.807, 2.05) is 0 Å². The van der Waals surface area contributed by atoms with Crippen molar-refractivity contribution >= 4 is 0 Å². The molecule has 1 fully saturated rings. The molecule has 0 aliphatic carbocycles. The van der Waals surface area contributed by atoms with Crippen LogP contribution in [0.15, 0.2) is 12.1 Å². The Morgan fingerprint density at radius 3 is 2.62 bits per heavy atom. The molecule has 2 heterocycles. The molecule has 0 radical (unpaired) electrons. The van der Waals surface area contributed by atoms with E-state index in [0.717, 1.165) is 25.2 Å². The summed E-state index contributed by atoms with van der Waals surface area (Å²) in [6.45, 7) is 8.18. The summed E-state index contributed by atoms with van der Waals surface area (Å²) in [4.78, 5) is 2.64. The molecule has 3 heteroatoms. The predicted octanol–water partition coefficient (Wildman–Crippen LogP) is 3.12. The number of ether oxygens (including phenoxy) is 1. The summed E-state index contributed by atoms with van der Waals surface area (Å²) in [5.74, 6) is 1.10. The van der Waals surface area contributed by atoms with Crippen molar-refractivity contribution in [2.45, 2.75) is 51.5 Å². The Hall–Kier alpha value is -1.06. The molecular formula is C18H28N2O. The fourth-order valence-electron chi connectivity index (χ4n) is 4.01. The summed E-state index contributed by atoms with van der Waals surface area (Å²) in [6, 6.07) is 4.50. The molecule has 0 saturated carbocycles. The minimum atomic E-state index is -0.0231. The summed E-state index contributed by atoms with van der Waals surface area (Å²) in [5.41, 5.74) is 10.2. The van der Waals surface area contributed by atoms with Gasteiger partial charge in [0.25, 0.3) is 0 Å². The van der Waals surface area contributed by atoms with E-state index >= 15 is 0 Å². The van der Waals surface area contributed by atoms with Gasteiger partial charge in [0.15, 0.2) is 0 Å². The van der Waals surface area contributed by atoms with Crippen LogP contribution in [0, 0.1) is 13.8 Å². The van der Waals surface area contributed by atoms with Crippen LogP contribution in [0.5, 0.6) is 5.75 Å². The Morgan fingerprint density at radius 1 is 1.14 bits per heavy atom. The summed E-state index contributed by atoms with van der Waals surface area (Å²) in [7, 11) is 0. The quantitative estimate of drug-likeness (QED) is 0.908. The molecule has 21 heavy (non-hydrogen) atoms. The van der Waals surface area contributed by atoms with Gasteiger partial charge in [0.05, 0.1) is 12.1 Å². The normalized spacial score (nSPS) is 26.8. The van der Waals surface area contributed by atoms with E-state index in [-0.39, 0.29) is 5.54 Å². The Bertz CT molecular complexity index is 508. The molecule has 2 aliphatic rings. The molecule has 3 nitrogen and oxygen atoms in total. The van der Waals surface area contributed by atoms with E-state index in [0.29, 0.717) is 6.54 Å². The van der Waals surface area contributed by atoms with Crippen molar-refractivity contribution in [2.24, 2.45) is 5.73 Å². The molecule has 1 saturated heterocycles. The van der Waals surface area contributed by atoms with Gasteiger partial charge in [0.1, 0.15) is 5.75 Å². The molecule has 3 rings (SSSR count). The number of fused-ring (bicyclic) bond motifs is 1. The second kappa shape index (κ2) is 5.98. The lowest BCUT2D eigenvalue weighted by Crippen LogP contribution is -2.53. The monoisotopic (exact) mass is 288 g/mol. The fourth-order valence-corrected chi connectivity index (χ4v) is 4.01. The van der Waals surface area contributed by atoms with Crippen molar-refractivity contribution in [1.82, 2.24) is 4.90 Å². The van der Waals surface area contributed by atoms with E-state index < -0.39 is 0 Å². The second-order valence-electron chi connectivity index (χ2n) is 6.62. The molecule has 116 valence electrons. The van der Waals surface area contributed by atoms with E-state index in [1.165, 1.54) is 49.0 Å². The Kier molecular flexibility index (Phi) is 4.23. The Morgan fingerprint density at radius 2 is 1.90 bits per heavy atom. The maximum atomic E-state index is 6.34. The first kappa shape index (κ1) is 14.9. The van der Waals surface area contributed by atoms with Gasteiger partial charge in [-0.05, 0) is 63.7 Å². The van der Waals surface area contributed by atoms with Crippen molar-refractivity contribution in [1.29, 1.82) is 0 Å². The number of hydrogen-bond donors (Lipinski definition) is 1. The number of nitrogens with two attached hydrogens (primary N) is 1. The van der Waals surface area contributed by atoms with Gasteiger partial charge in [-0.3, -0.25) is 4.90 Å². The van der Waals surface area contributed by atoms with Crippen LogP contribution in [-0.4, -0.2) is 31.1 Å². The molecule has 2 N–H and O–H groups in total. The van der Waals surface area contributed by atoms with Crippen LogP contribution in [0.25, 0.3) is 0 Å². The summed E-state index contributed by atoms with van der Waals surface area (Å²) in [6.07, 6.45) is 6.14. The highest BCUT2D eigenvalue weighted by Gasteiger charge is 2.41. The lowest BCUT2D eigenvalue weighted by atomic mass is 9.81. The fraction of sp³-hybridized carbons (Fsp3) is 0.667. The average molecular weight is 288 g/mol. The Balaban J connectivity index is 2.10.